The summed E-state index contributed by atoms with van der Waals surface area (Å²) in [5, 5.41) is 8.93. The van der Waals surface area contributed by atoms with Crippen molar-refractivity contribution in [1.82, 2.24) is 4.57 Å². The van der Waals surface area contributed by atoms with Crippen molar-refractivity contribution in [2.45, 2.75) is 19.4 Å². The molecule has 2 heterocycles. The number of nitrogen functional groups attached to an aromatic ring is 1. The average molecular weight is 369 g/mol. The van der Waals surface area contributed by atoms with Crippen LogP contribution < -0.4 is 11.3 Å². The molecule has 0 spiro atoms. The van der Waals surface area contributed by atoms with E-state index in [2.05, 4.69) is 15.9 Å². The first-order chi connectivity index (χ1) is 10.4. The molecule has 0 unspecified atom stereocenters. The summed E-state index contributed by atoms with van der Waals surface area (Å²) in [7, 11) is 0. The number of nitrogens with two attached hydrogens (primary N) is 1. The van der Waals surface area contributed by atoms with Crippen LogP contribution >= 0.6 is 15.9 Å². The third-order valence-corrected chi connectivity index (χ3v) is 3.74. The minimum atomic E-state index is -1.06. The van der Waals surface area contributed by atoms with Gasteiger partial charge in [-0.2, -0.15) is 0 Å². The van der Waals surface area contributed by atoms with Crippen molar-refractivity contribution in [2.75, 3.05) is 5.73 Å². The fourth-order valence-corrected chi connectivity index (χ4v) is 2.71. The lowest BCUT2D eigenvalue weighted by Gasteiger charge is -2.08. The molecule has 0 saturated carbocycles. The van der Waals surface area contributed by atoms with Crippen molar-refractivity contribution in [3.63, 3.8) is 0 Å². The number of rotatable bonds is 1. The third kappa shape index (κ3) is 3.54. The van der Waals surface area contributed by atoms with Gasteiger partial charge >= 0.3 is 5.97 Å². The Labute approximate surface area is 134 Å². The molecule has 0 saturated heterocycles. The molecule has 0 aliphatic carbocycles. The van der Waals surface area contributed by atoms with Gasteiger partial charge in [0.05, 0.1) is 5.69 Å². The summed E-state index contributed by atoms with van der Waals surface area (Å²) in [5.41, 5.74) is 6.00. The molecule has 116 valence electrons. The predicted molar refractivity (Wildman–Crippen MR) is 84.5 cm³/mol. The molecule has 1 aliphatic rings. The summed E-state index contributed by atoms with van der Waals surface area (Å²) in [5.74, 6) is -1.27. The van der Waals surface area contributed by atoms with Crippen LogP contribution in [0.4, 0.5) is 10.1 Å². The highest BCUT2D eigenvalue weighted by Gasteiger charge is 2.22. The molecule has 1 aliphatic heterocycles. The molecular formula is C15H14BrFN2O3. The standard InChI is InChI=1S/C9H10N2O3.C6H4BrF/c10-5-4-7(12)11-3-1-2-6(11)8(5)9(13)14;7-5-2-1-3-6(8)4-5/h4H,1-3,10H2,(H,13,14);1-4H. The van der Waals surface area contributed by atoms with Gasteiger partial charge in [-0.1, -0.05) is 22.0 Å². The van der Waals surface area contributed by atoms with Gasteiger partial charge in [0.1, 0.15) is 11.4 Å². The van der Waals surface area contributed by atoms with E-state index in [0.29, 0.717) is 18.7 Å². The van der Waals surface area contributed by atoms with Gasteiger partial charge in [0.25, 0.3) is 5.56 Å². The van der Waals surface area contributed by atoms with Crippen molar-refractivity contribution in [2.24, 2.45) is 0 Å². The predicted octanol–water partition coefficient (Wildman–Crippen LogP) is 2.66. The number of hydrogen-bond donors (Lipinski definition) is 2. The number of aromatic nitrogens is 1. The van der Waals surface area contributed by atoms with E-state index in [-0.39, 0.29) is 22.6 Å². The van der Waals surface area contributed by atoms with Crippen LogP contribution in [-0.4, -0.2) is 15.6 Å². The van der Waals surface area contributed by atoms with Gasteiger partial charge in [0.2, 0.25) is 0 Å². The lowest BCUT2D eigenvalue weighted by Crippen LogP contribution is -2.23. The fourth-order valence-electron chi connectivity index (χ4n) is 2.33. The van der Waals surface area contributed by atoms with Crippen LogP contribution in [0.15, 0.2) is 39.6 Å². The second kappa shape index (κ2) is 6.74. The maximum Gasteiger partial charge on any atom is 0.339 e. The largest absolute Gasteiger partial charge is 0.478 e. The smallest absolute Gasteiger partial charge is 0.339 e. The maximum atomic E-state index is 12.1. The summed E-state index contributed by atoms with van der Waals surface area (Å²) in [6, 6.07) is 7.44. The number of carbonyl (C=O) groups is 1. The van der Waals surface area contributed by atoms with Gasteiger partial charge in [-0.25, -0.2) is 9.18 Å². The maximum absolute atomic E-state index is 12.1. The molecule has 0 bridgehead atoms. The van der Waals surface area contributed by atoms with E-state index < -0.39 is 5.97 Å². The first kappa shape index (κ1) is 16.2. The normalized spacial score (nSPS) is 12.3. The van der Waals surface area contributed by atoms with Crippen LogP contribution in [0.1, 0.15) is 22.5 Å². The molecule has 5 nitrogen and oxygen atoms in total. The van der Waals surface area contributed by atoms with Crippen LogP contribution in [0.25, 0.3) is 0 Å². The van der Waals surface area contributed by atoms with Crippen molar-refractivity contribution in [1.29, 1.82) is 0 Å². The summed E-state index contributed by atoms with van der Waals surface area (Å²) >= 11 is 3.12. The van der Waals surface area contributed by atoms with E-state index in [9.17, 15) is 14.0 Å². The zero-order chi connectivity index (χ0) is 16.3. The van der Waals surface area contributed by atoms with Crippen LogP contribution in [0.2, 0.25) is 0 Å². The third-order valence-electron chi connectivity index (χ3n) is 3.24. The van der Waals surface area contributed by atoms with Gasteiger partial charge in [0.15, 0.2) is 0 Å². The molecule has 0 radical (unpaired) electrons. The van der Waals surface area contributed by atoms with E-state index in [1.54, 1.807) is 12.1 Å². The minimum absolute atomic E-state index is 0.0654. The van der Waals surface area contributed by atoms with E-state index in [0.717, 1.165) is 10.9 Å². The van der Waals surface area contributed by atoms with Crippen molar-refractivity contribution >= 4 is 27.6 Å². The Balaban J connectivity index is 0.000000188. The number of fused-ring (bicyclic) bond motifs is 1. The minimum Gasteiger partial charge on any atom is -0.478 e. The zero-order valence-corrected chi connectivity index (χ0v) is 13.1. The molecule has 7 heteroatoms. The zero-order valence-electron chi connectivity index (χ0n) is 11.6. The molecule has 3 rings (SSSR count). The van der Waals surface area contributed by atoms with Crippen LogP contribution in [0, 0.1) is 5.82 Å². The summed E-state index contributed by atoms with van der Waals surface area (Å²) in [4.78, 5) is 22.3. The Kier molecular flexibility index (Phi) is 4.97. The molecule has 2 aromatic rings. The Morgan fingerprint density at radius 2 is 2.09 bits per heavy atom. The number of anilines is 1. The first-order valence-corrected chi connectivity index (χ1v) is 7.36. The highest BCUT2D eigenvalue weighted by Crippen LogP contribution is 2.21. The lowest BCUT2D eigenvalue weighted by atomic mass is 10.1. The number of benzene rings is 1. The Bertz CT molecular complexity index is 757. The van der Waals surface area contributed by atoms with E-state index >= 15 is 0 Å². The van der Waals surface area contributed by atoms with E-state index in [1.165, 1.54) is 22.8 Å². The highest BCUT2D eigenvalue weighted by molar-refractivity contribution is 9.10. The van der Waals surface area contributed by atoms with E-state index in [1.807, 2.05) is 0 Å². The quantitative estimate of drug-likeness (QED) is 0.810. The molecule has 3 N–H and O–H groups in total. The van der Waals surface area contributed by atoms with Gasteiger partial charge in [-0.3, -0.25) is 4.79 Å². The summed E-state index contributed by atoms with van der Waals surface area (Å²) in [6.07, 6.45) is 1.42. The number of nitrogens with zero attached hydrogens (tertiary/aromatic N) is 1. The highest BCUT2D eigenvalue weighted by atomic mass is 79.9. The molecule has 0 amide bonds. The summed E-state index contributed by atoms with van der Waals surface area (Å²) < 4.78 is 14.4. The van der Waals surface area contributed by atoms with Gasteiger partial charge in [-0.15, -0.1) is 0 Å². The monoisotopic (exact) mass is 368 g/mol. The van der Waals surface area contributed by atoms with Crippen molar-refractivity contribution in [3.8, 4) is 0 Å². The van der Waals surface area contributed by atoms with Crippen LogP contribution in [0.3, 0.4) is 0 Å². The van der Waals surface area contributed by atoms with Crippen molar-refractivity contribution in [3.05, 3.63) is 62.2 Å². The number of carboxylic acids is 1. The second-order valence-corrected chi connectivity index (χ2v) is 5.68. The average Bonchev–Trinajstić information content (AvgIpc) is 2.88. The molecule has 1 aromatic carbocycles. The van der Waals surface area contributed by atoms with E-state index in [4.69, 9.17) is 10.8 Å². The SMILES string of the molecule is Fc1cccc(Br)c1.Nc1cc(=O)n2c(c1C(=O)O)CCC2. The number of carboxylic acid groups (broad SMARTS) is 1. The van der Waals surface area contributed by atoms with Crippen LogP contribution in [-0.2, 0) is 13.0 Å². The van der Waals surface area contributed by atoms with Crippen LogP contribution in [0.5, 0.6) is 0 Å². The number of hydrogen-bond acceptors (Lipinski definition) is 3. The van der Waals surface area contributed by atoms with Crippen molar-refractivity contribution < 1.29 is 14.3 Å². The molecule has 0 fully saturated rings. The molecule has 0 atom stereocenters. The lowest BCUT2D eigenvalue weighted by molar-refractivity contribution is 0.0696. The fraction of sp³-hybridized carbons (Fsp3) is 0.200. The Morgan fingerprint density at radius 1 is 1.36 bits per heavy atom. The topological polar surface area (TPSA) is 85.3 Å². The number of aromatic carboxylic acids is 1. The number of halogens is 2. The molecule has 22 heavy (non-hydrogen) atoms. The molecule has 1 aromatic heterocycles. The van der Waals surface area contributed by atoms with Gasteiger partial charge in [0, 0.05) is 22.8 Å². The summed E-state index contributed by atoms with van der Waals surface area (Å²) in [6.45, 7) is 0.592. The van der Waals surface area contributed by atoms with Gasteiger partial charge in [-0.05, 0) is 31.0 Å². The molecular weight excluding hydrogens is 355 g/mol. The van der Waals surface area contributed by atoms with Gasteiger partial charge < -0.3 is 15.4 Å². The Morgan fingerprint density at radius 3 is 2.64 bits per heavy atom. The Hall–Kier alpha value is -2.15. The number of pyridine rings is 1. The first-order valence-electron chi connectivity index (χ1n) is 6.56. The second-order valence-electron chi connectivity index (χ2n) is 4.76.